The van der Waals surface area contributed by atoms with Crippen LogP contribution in [0.2, 0.25) is 0 Å². The quantitative estimate of drug-likeness (QED) is 0.549. The second-order valence-corrected chi connectivity index (χ2v) is 5.38. The van der Waals surface area contributed by atoms with Crippen molar-refractivity contribution in [1.29, 1.82) is 0 Å². The smallest absolute Gasteiger partial charge is 0.0727 e. The highest BCUT2D eigenvalue weighted by atomic mass is 32.1. The summed E-state index contributed by atoms with van der Waals surface area (Å²) < 4.78 is 5.91. The second-order valence-electron chi connectivity index (χ2n) is 4.86. The minimum absolute atomic E-state index is 0.517. The summed E-state index contributed by atoms with van der Waals surface area (Å²) in [6.07, 6.45) is 10.1. The fourth-order valence-electron chi connectivity index (χ4n) is 2.42. The highest BCUT2D eigenvalue weighted by Gasteiger charge is 2.20. The fourth-order valence-corrected chi connectivity index (χ4v) is 2.56. The van der Waals surface area contributed by atoms with Crippen LogP contribution < -0.4 is 5.73 Å². The molecular weight excluding hydrogens is 218 g/mol. The van der Waals surface area contributed by atoms with E-state index in [0.717, 1.165) is 31.8 Å². The molecule has 0 aromatic carbocycles. The number of thiocarbonyl (C=S) groups is 1. The maximum absolute atomic E-state index is 5.91. The topological polar surface area (TPSA) is 35.2 Å². The van der Waals surface area contributed by atoms with Gasteiger partial charge >= 0.3 is 0 Å². The monoisotopic (exact) mass is 243 g/mol. The van der Waals surface area contributed by atoms with Crippen LogP contribution in [-0.4, -0.2) is 17.7 Å². The normalized spacial score (nSPS) is 25.6. The maximum atomic E-state index is 5.91. The summed E-state index contributed by atoms with van der Waals surface area (Å²) in [6.45, 7) is 3.17. The van der Waals surface area contributed by atoms with E-state index in [9.17, 15) is 0 Å². The number of hydrogen-bond acceptors (Lipinski definition) is 2. The van der Waals surface area contributed by atoms with Crippen LogP contribution in [-0.2, 0) is 4.74 Å². The maximum Gasteiger partial charge on any atom is 0.0727 e. The van der Waals surface area contributed by atoms with E-state index in [2.05, 4.69) is 6.92 Å². The Morgan fingerprint density at radius 2 is 2.19 bits per heavy atom. The lowest BCUT2D eigenvalue weighted by Crippen LogP contribution is -2.23. The van der Waals surface area contributed by atoms with Crippen molar-refractivity contribution in [3.63, 3.8) is 0 Å². The van der Waals surface area contributed by atoms with Gasteiger partial charge in [0.1, 0.15) is 0 Å². The zero-order valence-corrected chi connectivity index (χ0v) is 11.2. The molecule has 0 aromatic rings. The minimum Gasteiger partial charge on any atom is -0.393 e. The molecule has 0 aliphatic heterocycles. The van der Waals surface area contributed by atoms with Gasteiger partial charge < -0.3 is 10.5 Å². The van der Waals surface area contributed by atoms with Crippen molar-refractivity contribution in [2.75, 3.05) is 6.61 Å². The lowest BCUT2D eigenvalue weighted by molar-refractivity contribution is 0.0110. The molecular formula is C13H25NOS. The minimum atomic E-state index is 0.517. The van der Waals surface area contributed by atoms with Gasteiger partial charge in [0.2, 0.25) is 0 Å². The summed E-state index contributed by atoms with van der Waals surface area (Å²) in [7, 11) is 0. The lowest BCUT2D eigenvalue weighted by atomic mass is 9.85. The highest BCUT2D eigenvalue weighted by molar-refractivity contribution is 7.80. The molecule has 0 aromatic heterocycles. The number of nitrogens with two attached hydrogens (primary N) is 1. The molecule has 2 N–H and O–H groups in total. The van der Waals surface area contributed by atoms with E-state index in [-0.39, 0.29) is 0 Å². The van der Waals surface area contributed by atoms with Crippen LogP contribution in [0.5, 0.6) is 0 Å². The number of rotatable bonds is 7. The molecule has 1 aliphatic carbocycles. The third-order valence-electron chi connectivity index (χ3n) is 3.48. The first-order valence-electron chi connectivity index (χ1n) is 6.62. The molecule has 2 atom stereocenters. The predicted octanol–water partition coefficient (Wildman–Crippen LogP) is 3.43. The summed E-state index contributed by atoms with van der Waals surface area (Å²) in [4.78, 5) is 0.628. The molecule has 0 saturated heterocycles. The van der Waals surface area contributed by atoms with E-state index in [1.54, 1.807) is 0 Å². The lowest BCUT2D eigenvalue weighted by Gasteiger charge is -2.28. The molecule has 1 saturated carbocycles. The first-order chi connectivity index (χ1) is 7.72. The molecule has 3 heteroatoms. The molecule has 16 heavy (non-hydrogen) atoms. The molecule has 1 fully saturated rings. The summed E-state index contributed by atoms with van der Waals surface area (Å²) in [5.41, 5.74) is 5.44. The van der Waals surface area contributed by atoms with Crippen LogP contribution in [0.1, 0.15) is 58.3 Å². The zero-order valence-electron chi connectivity index (χ0n) is 10.4. The first kappa shape index (κ1) is 13.9. The van der Waals surface area contributed by atoms with Crippen molar-refractivity contribution in [2.24, 2.45) is 11.7 Å². The molecule has 94 valence electrons. The predicted molar refractivity (Wildman–Crippen MR) is 72.6 cm³/mol. The van der Waals surface area contributed by atoms with Crippen LogP contribution >= 0.6 is 12.2 Å². The molecule has 0 spiro atoms. The Morgan fingerprint density at radius 1 is 1.38 bits per heavy atom. The second kappa shape index (κ2) is 8.02. The van der Waals surface area contributed by atoms with Gasteiger partial charge in [0.15, 0.2) is 0 Å². The Labute approximate surface area is 105 Å². The van der Waals surface area contributed by atoms with E-state index in [0.29, 0.717) is 11.1 Å². The van der Waals surface area contributed by atoms with Gasteiger partial charge in [0, 0.05) is 6.61 Å². The molecule has 0 bridgehead atoms. The average molecular weight is 243 g/mol. The van der Waals surface area contributed by atoms with Gasteiger partial charge in [0.25, 0.3) is 0 Å². The van der Waals surface area contributed by atoms with Crippen LogP contribution in [0.15, 0.2) is 0 Å². The molecule has 2 unspecified atom stereocenters. The van der Waals surface area contributed by atoms with E-state index in [4.69, 9.17) is 22.7 Å². The average Bonchev–Trinajstić information content (AvgIpc) is 2.28. The van der Waals surface area contributed by atoms with Crippen LogP contribution in [0, 0.1) is 5.92 Å². The Morgan fingerprint density at radius 3 is 2.88 bits per heavy atom. The number of hydrogen-bond donors (Lipinski definition) is 1. The Balaban J connectivity index is 2.01. The van der Waals surface area contributed by atoms with Crippen molar-refractivity contribution in [1.82, 2.24) is 0 Å². The van der Waals surface area contributed by atoms with E-state index in [1.165, 1.54) is 32.1 Å². The van der Waals surface area contributed by atoms with Crippen molar-refractivity contribution in [3.05, 3.63) is 0 Å². The van der Waals surface area contributed by atoms with Gasteiger partial charge in [-0.15, -0.1) is 0 Å². The molecule has 2 nitrogen and oxygen atoms in total. The third kappa shape index (κ3) is 5.80. The first-order valence-corrected chi connectivity index (χ1v) is 7.03. The molecule has 1 aliphatic rings. The summed E-state index contributed by atoms with van der Waals surface area (Å²) >= 11 is 4.84. The highest BCUT2D eigenvalue weighted by Crippen LogP contribution is 2.28. The zero-order chi connectivity index (χ0) is 11.8. The van der Waals surface area contributed by atoms with E-state index in [1.807, 2.05) is 0 Å². The van der Waals surface area contributed by atoms with Gasteiger partial charge in [-0.1, -0.05) is 38.4 Å². The standard InChI is InChI=1S/C13H25NOS/c1-2-11-6-5-7-12(10-11)15-9-4-3-8-13(14)16/h11-12H,2-10H2,1H3,(H2,14,16). The largest absolute Gasteiger partial charge is 0.393 e. The van der Waals surface area contributed by atoms with Crippen molar-refractivity contribution >= 4 is 17.2 Å². The summed E-state index contributed by atoms with van der Waals surface area (Å²) in [6, 6.07) is 0. The SMILES string of the molecule is CCC1CCCC(OCCCCC(N)=S)C1. The van der Waals surface area contributed by atoms with Gasteiger partial charge in [-0.2, -0.15) is 0 Å². The summed E-state index contributed by atoms with van der Waals surface area (Å²) in [5, 5.41) is 0. The van der Waals surface area contributed by atoms with Gasteiger partial charge in [0.05, 0.1) is 11.1 Å². The third-order valence-corrected chi connectivity index (χ3v) is 3.69. The van der Waals surface area contributed by atoms with E-state index >= 15 is 0 Å². The number of ether oxygens (including phenoxy) is 1. The van der Waals surface area contributed by atoms with Gasteiger partial charge in [-0.25, -0.2) is 0 Å². The van der Waals surface area contributed by atoms with Crippen LogP contribution in [0.4, 0.5) is 0 Å². The van der Waals surface area contributed by atoms with Crippen molar-refractivity contribution in [3.8, 4) is 0 Å². The van der Waals surface area contributed by atoms with Crippen molar-refractivity contribution < 1.29 is 4.74 Å². The van der Waals surface area contributed by atoms with Crippen molar-refractivity contribution in [2.45, 2.75) is 64.4 Å². The van der Waals surface area contributed by atoms with Crippen LogP contribution in [0.25, 0.3) is 0 Å². The Bertz CT molecular complexity index is 208. The Hall–Kier alpha value is -0.150. The van der Waals surface area contributed by atoms with Gasteiger partial charge in [-0.3, -0.25) is 0 Å². The van der Waals surface area contributed by atoms with E-state index < -0.39 is 0 Å². The van der Waals surface area contributed by atoms with Gasteiger partial charge in [-0.05, 0) is 38.0 Å². The molecule has 0 amide bonds. The molecule has 1 rings (SSSR count). The summed E-state index contributed by atoms with van der Waals surface area (Å²) in [5.74, 6) is 0.898. The molecule has 0 heterocycles. The van der Waals surface area contributed by atoms with Crippen LogP contribution in [0.3, 0.4) is 0 Å². The Kier molecular flexibility index (Phi) is 6.97. The number of unbranched alkanes of at least 4 members (excludes halogenated alkanes) is 1. The molecule has 0 radical (unpaired) electrons. The fraction of sp³-hybridized carbons (Fsp3) is 0.923.